The van der Waals surface area contributed by atoms with Gasteiger partial charge in [-0.15, -0.1) is 0 Å². The van der Waals surface area contributed by atoms with Crippen LogP contribution in [0.2, 0.25) is 0 Å². The van der Waals surface area contributed by atoms with Crippen molar-refractivity contribution >= 4 is 5.91 Å². The topological polar surface area (TPSA) is 32.8 Å². The van der Waals surface area contributed by atoms with Crippen LogP contribution in [0.4, 0.5) is 0 Å². The first-order valence-electron chi connectivity index (χ1n) is 8.37. The van der Waals surface area contributed by atoms with Crippen LogP contribution in [0.15, 0.2) is 24.3 Å². The molecular formula is C18H26N2O2. The van der Waals surface area contributed by atoms with E-state index < -0.39 is 0 Å². The minimum Gasteiger partial charge on any atom is -0.494 e. The Morgan fingerprint density at radius 3 is 2.82 bits per heavy atom. The number of para-hydroxylation sites is 1. The Hall–Kier alpha value is -1.55. The van der Waals surface area contributed by atoms with Crippen molar-refractivity contribution < 1.29 is 9.53 Å². The van der Waals surface area contributed by atoms with Crippen LogP contribution < -0.4 is 4.74 Å². The zero-order valence-corrected chi connectivity index (χ0v) is 13.6. The molecule has 4 rings (SSSR count). The number of nitrogens with zero attached hydrogens (tertiary/aromatic N) is 2. The maximum Gasteiger partial charge on any atom is 0.219 e. The van der Waals surface area contributed by atoms with Crippen molar-refractivity contribution in [1.82, 2.24) is 9.80 Å². The molecule has 1 amide bonds. The van der Waals surface area contributed by atoms with Crippen LogP contribution in [0.1, 0.15) is 32.3 Å². The van der Waals surface area contributed by atoms with Gasteiger partial charge in [0, 0.05) is 44.7 Å². The maximum atomic E-state index is 11.8. The molecular weight excluding hydrogens is 276 g/mol. The fourth-order valence-electron chi connectivity index (χ4n) is 3.78. The lowest BCUT2D eigenvalue weighted by atomic mass is 9.94. The van der Waals surface area contributed by atoms with E-state index in [4.69, 9.17) is 4.74 Å². The molecule has 2 bridgehead atoms. The summed E-state index contributed by atoms with van der Waals surface area (Å²) in [7, 11) is 0. The summed E-state index contributed by atoms with van der Waals surface area (Å²) in [6, 6.07) is 8.80. The summed E-state index contributed by atoms with van der Waals surface area (Å²) in [5, 5.41) is 0. The number of benzene rings is 1. The van der Waals surface area contributed by atoms with Crippen molar-refractivity contribution in [3.63, 3.8) is 0 Å². The monoisotopic (exact) mass is 302 g/mol. The molecule has 1 aromatic rings. The average Bonchev–Trinajstić information content (AvgIpc) is 2.81. The van der Waals surface area contributed by atoms with Crippen LogP contribution in [-0.4, -0.2) is 48.0 Å². The molecule has 0 aromatic heterocycles. The highest BCUT2D eigenvalue weighted by Crippen LogP contribution is 2.30. The molecule has 0 unspecified atom stereocenters. The van der Waals surface area contributed by atoms with E-state index in [-0.39, 0.29) is 5.91 Å². The predicted molar refractivity (Wildman–Crippen MR) is 86.8 cm³/mol. The fourth-order valence-corrected chi connectivity index (χ4v) is 3.78. The first-order chi connectivity index (χ1) is 10.7. The van der Waals surface area contributed by atoms with Crippen LogP contribution in [0, 0.1) is 5.92 Å². The van der Waals surface area contributed by atoms with Crippen LogP contribution in [0.5, 0.6) is 5.75 Å². The van der Waals surface area contributed by atoms with Gasteiger partial charge in [0.05, 0.1) is 6.61 Å². The van der Waals surface area contributed by atoms with E-state index >= 15 is 0 Å². The van der Waals surface area contributed by atoms with Gasteiger partial charge in [0.2, 0.25) is 5.91 Å². The Bertz CT molecular complexity index is 532. The van der Waals surface area contributed by atoms with Gasteiger partial charge in [-0.05, 0) is 31.7 Å². The van der Waals surface area contributed by atoms with Crippen LogP contribution in [0.3, 0.4) is 0 Å². The summed E-state index contributed by atoms with van der Waals surface area (Å²) in [6.45, 7) is 8.23. The molecule has 0 aliphatic carbocycles. The van der Waals surface area contributed by atoms with Crippen LogP contribution >= 0.6 is 0 Å². The van der Waals surface area contributed by atoms with Crippen LogP contribution in [0.25, 0.3) is 0 Å². The predicted octanol–water partition coefficient (Wildman–Crippen LogP) is 2.53. The molecule has 3 heterocycles. The Morgan fingerprint density at radius 1 is 1.23 bits per heavy atom. The minimum absolute atomic E-state index is 0.216. The van der Waals surface area contributed by atoms with E-state index in [1.165, 1.54) is 18.4 Å². The van der Waals surface area contributed by atoms with Gasteiger partial charge in [-0.1, -0.05) is 18.2 Å². The van der Waals surface area contributed by atoms with Crippen molar-refractivity contribution in [3.8, 4) is 5.75 Å². The second-order valence-corrected chi connectivity index (χ2v) is 6.49. The van der Waals surface area contributed by atoms with E-state index in [1.807, 2.05) is 17.9 Å². The lowest BCUT2D eigenvalue weighted by molar-refractivity contribution is -0.129. The molecule has 0 saturated carbocycles. The third-order valence-corrected chi connectivity index (χ3v) is 4.92. The molecule has 0 N–H and O–H groups in total. The van der Waals surface area contributed by atoms with Gasteiger partial charge in [0.25, 0.3) is 0 Å². The third-order valence-electron chi connectivity index (χ3n) is 4.92. The largest absolute Gasteiger partial charge is 0.494 e. The van der Waals surface area contributed by atoms with E-state index in [9.17, 15) is 4.79 Å². The van der Waals surface area contributed by atoms with Gasteiger partial charge in [-0.2, -0.15) is 0 Å². The average molecular weight is 302 g/mol. The van der Waals surface area contributed by atoms with Gasteiger partial charge in [-0.3, -0.25) is 9.69 Å². The molecule has 3 fully saturated rings. The highest BCUT2D eigenvalue weighted by molar-refractivity contribution is 5.73. The molecule has 120 valence electrons. The lowest BCUT2D eigenvalue weighted by Crippen LogP contribution is -2.43. The Labute approximate surface area is 133 Å². The fraction of sp³-hybridized carbons (Fsp3) is 0.611. The van der Waals surface area contributed by atoms with Gasteiger partial charge < -0.3 is 9.64 Å². The molecule has 0 radical (unpaired) electrons. The second-order valence-electron chi connectivity index (χ2n) is 6.49. The summed E-state index contributed by atoms with van der Waals surface area (Å²) in [5.74, 6) is 1.82. The molecule has 0 spiro atoms. The summed E-state index contributed by atoms with van der Waals surface area (Å²) < 4.78 is 5.76. The molecule has 4 nitrogen and oxygen atoms in total. The molecule has 3 saturated heterocycles. The Balaban J connectivity index is 1.75. The van der Waals surface area contributed by atoms with Crippen molar-refractivity contribution in [2.24, 2.45) is 5.92 Å². The van der Waals surface area contributed by atoms with Crippen molar-refractivity contribution in [1.29, 1.82) is 0 Å². The van der Waals surface area contributed by atoms with E-state index in [0.29, 0.717) is 18.6 Å². The summed E-state index contributed by atoms with van der Waals surface area (Å²) >= 11 is 0. The molecule has 22 heavy (non-hydrogen) atoms. The summed E-state index contributed by atoms with van der Waals surface area (Å²) in [4.78, 5) is 16.4. The number of piperidine rings is 1. The van der Waals surface area contributed by atoms with Crippen molar-refractivity contribution in [2.45, 2.75) is 39.3 Å². The second kappa shape index (κ2) is 6.69. The zero-order valence-electron chi connectivity index (χ0n) is 13.6. The standard InChI is InChI=1S/C18H26N2O2/c1-3-22-18-7-5-4-6-16(18)12-20-11-15-8-9-17(20)13-19(10-15)14(2)21/h4-7,15,17H,3,8-13H2,1-2H3/t15-,17+/m0/s1. The smallest absolute Gasteiger partial charge is 0.219 e. The SMILES string of the molecule is CCOc1ccccc1CN1C[C@H]2CC[C@@H]1CN(C(C)=O)C2. The highest BCUT2D eigenvalue weighted by Gasteiger charge is 2.35. The van der Waals surface area contributed by atoms with E-state index in [2.05, 4.69) is 23.1 Å². The number of carbonyl (C=O) groups excluding carboxylic acids is 1. The van der Waals surface area contributed by atoms with Crippen molar-refractivity contribution in [3.05, 3.63) is 29.8 Å². The van der Waals surface area contributed by atoms with Crippen LogP contribution in [-0.2, 0) is 11.3 Å². The molecule has 3 aliphatic rings. The molecule has 4 heteroatoms. The number of fused-ring (bicyclic) bond motifs is 4. The van der Waals surface area contributed by atoms with Gasteiger partial charge in [-0.25, -0.2) is 0 Å². The van der Waals surface area contributed by atoms with E-state index in [1.54, 1.807) is 6.92 Å². The molecule has 3 aliphatic heterocycles. The number of hydrogen-bond donors (Lipinski definition) is 0. The quantitative estimate of drug-likeness (QED) is 0.857. The number of rotatable bonds is 4. The third kappa shape index (κ3) is 3.27. The molecule has 2 atom stereocenters. The number of hydrogen-bond acceptors (Lipinski definition) is 3. The number of carbonyl (C=O) groups is 1. The number of amides is 1. The highest BCUT2D eigenvalue weighted by atomic mass is 16.5. The first-order valence-corrected chi connectivity index (χ1v) is 8.37. The first kappa shape index (κ1) is 15.3. The van der Waals surface area contributed by atoms with E-state index in [0.717, 1.165) is 31.9 Å². The zero-order chi connectivity index (χ0) is 15.5. The molecule has 1 aromatic carbocycles. The van der Waals surface area contributed by atoms with Crippen molar-refractivity contribution in [2.75, 3.05) is 26.2 Å². The lowest BCUT2D eigenvalue weighted by Gasteiger charge is -2.36. The van der Waals surface area contributed by atoms with Gasteiger partial charge in [0.1, 0.15) is 5.75 Å². The van der Waals surface area contributed by atoms with Gasteiger partial charge in [0.15, 0.2) is 0 Å². The Morgan fingerprint density at radius 2 is 2.05 bits per heavy atom. The summed E-state index contributed by atoms with van der Waals surface area (Å²) in [6.07, 6.45) is 2.45. The minimum atomic E-state index is 0.216. The number of ether oxygens (including phenoxy) is 1. The Kier molecular flexibility index (Phi) is 4.67. The van der Waals surface area contributed by atoms with Gasteiger partial charge >= 0.3 is 0 Å². The normalized spacial score (nSPS) is 25.1. The summed E-state index contributed by atoms with van der Waals surface area (Å²) in [5.41, 5.74) is 1.26. The maximum absolute atomic E-state index is 11.8.